The van der Waals surface area contributed by atoms with Gasteiger partial charge in [0.05, 0.1) is 22.8 Å². The Hall–Kier alpha value is -11.8. The second-order valence-electron chi connectivity index (χ2n) is 26.3. The van der Waals surface area contributed by atoms with Crippen LogP contribution >= 0.6 is 0 Å². The molecule has 16 bridgehead atoms. The summed E-state index contributed by atoms with van der Waals surface area (Å²) < 4.78 is 0. The quantitative estimate of drug-likeness (QED) is 0.103. The SMILES string of the molecule is O=C1Nc2ccccc2-c2c3nc(c4c5ccc([n-]5)c(c5nc(c(c6ccc2[n-]6)-c2ccccc2NC(=O)[C@@H]2CCCN2C(=O)c2cccc(c2)C(=O)N2CCC[C@H]2C(=O)Nc2ccccc2-4)C=C5)-c2ccccc2NC(=O)[C@@H]2CCCN2C(=O)c2cccc(c2)C(=O)N2CCC[C@@H]12)C=C3.[Fe+2]. The molecule has 0 saturated carbocycles. The van der Waals surface area contributed by atoms with E-state index in [0.717, 1.165) is 0 Å². The number of carbonyl (C=O) groups excluding carboxylic acids is 8. The van der Waals surface area contributed by atoms with E-state index >= 15 is 19.2 Å². The third-order valence-electron chi connectivity index (χ3n) is 20.4. The van der Waals surface area contributed by atoms with Gasteiger partial charge in [0.1, 0.15) is 24.2 Å². The van der Waals surface area contributed by atoms with Gasteiger partial charge in [0.25, 0.3) is 23.6 Å². The van der Waals surface area contributed by atoms with Crippen LogP contribution in [0.3, 0.4) is 0 Å². The van der Waals surface area contributed by atoms with Crippen molar-refractivity contribution in [2.45, 2.75) is 75.5 Å². The summed E-state index contributed by atoms with van der Waals surface area (Å²) in [6, 6.07) is 46.3. The number of nitrogens with one attached hydrogen (secondary N) is 4. The van der Waals surface area contributed by atoms with E-state index in [1.54, 1.807) is 92.4 Å². The summed E-state index contributed by atoms with van der Waals surface area (Å²) in [7, 11) is 0. The van der Waals surface area contributed by atoms with Crippen LogP contribution in [0.5, 0.6) is 0 Å². The van der Waals surface area contributed by atoms with Crippen molar-refractivity contribution in [3.8, 4) is 44.5 Å². The molecule has 21 heteroatoms. The first-order valence-electron chi connectivity index (χ1n) is 34.0. The van der Waals surface area contributed by atoms with E-state index in [1.165, 1.54) is 0 Å². The standard InChI is InChI=1S/C80H66N12O8.Fe/c93-73-65-27-11-39-89(65)77(97)45-15-9-16-46(43-45)78(98)92-42-14-30-68(92)76(96)88-56-26-8-4-22-52(56)72-63-37-35-61(83-63)70-50-20-2-6-24-54(50)86-74(94)66-28-12-40-90(66)79(99)47-17-10-18-48(44-47)80(100)91-41-13-29-67(91)75(95)87-55-25-7-3-21-51(55)71(62-36-38-64(72)84-62)60-34-32-58(82-60)69(57-31-33-59(70)81-57)49-19-1-5-23-53(49)85-73;/h1-10,15-26,31-38,43-44,65-68H,11-14,27-30,39-42H2,(H6,81,82,83,84,85,86,87,88,93,94,95,96);/q;+2/p-2/t65-,66-,67-,68-;/m0./s1. The molecule has 0 spiro atoms. The van der Waals surface area contributed by atoms with Gasteiger partial charge in [-0.3, -0.25) is 38.4 Å². The number of hydrogen-bond donors (Lipinski definition) is 4. The van der Waals surface area contributed by atoms with Gasteiger partial charge in [0.15, 0.2) is 0 Å². The number of nitrogens with zero attached hydrogens (tertiary/aromatic N) is 8. The second kappa shape index (κ2) is 26.1. The molecule has 500 valence electrons. The predicted molar refractivity (Wildman–Crippen MR) is 382 cm³/mol. The van der Waals surface area contributed by atoms with Crippen LogP contribution in [0.4, 0.5) is 22.7 Å². The maximum Gasteiger partial charge on any atom is 2.00 e. The number of benzene rings is 6. The minimum absolute atomic E-state index is 0. The molecule has 10 aliphatic rings. The van der Waals surface area contributed by atoms with Crippen molar-refractivity contribution in [1.82, 2.24) is 39.5 Å². The number of carbonyl (C=O) groups is 8. The van der Waals surface area contributed by atoms with Crippen LogP contribution in [-0.2, 0) is 36.2 Å². The molecule has 4 saturated heterocycles. The maximum atomic E-state index is 15.2. The van der Waals surface area contributed by atoms with Crippen molar-refractivity contribution in [3.05, 3.63) is 215 Å². The predicted octanol–water partition coefficient (Wildman–Crippen LogP) is 12.2. The molecule has 0 radical (unpaired) electrons. The third-order valence-corrected chi connectivity index (χ3v) is 20.4. The van der Waals surface area contributed by atoms with Crippen molar-refractivity contribution in [1.29, 1.82) is 0 Å². The summed E-state index contributed by atoms with van der Waals surface area (Å²) in [5, 5.41) is 13.0. The Labute approximate surface area is 590 Å². The Balaban J connectivity index is 0.00000792. The molecular weight excluding hydrogens is 1310 g/mol. The van der Waals surface area contributed by atoms with Crippen LogP contribution in [0, 0.1) is 0 Å². The molecule has 101 heavy (non-hydrogen) atoms. The molecule has 20 nitrogen and oxygen atoms in total. The molecule has 4 fully saturated rings. The molecule has 3 aromatic heterocycles. The molecule has 13 heterocycles. The average Bonchev–Trinajstić information content (AvgIpc) is 1.63. The van der Waals surface area contributed by atoms with Gasteiger partial charge >= 0.3 is 17.1 Å². The molecule has 0 unspecified atom stereocenters. The fourth-order valence-electron chi connectivity index (χ4n) is 15.7. The van der Waals surface area contributed by atoms with Crippen LogP contribution in [0.25, 0.3) is 90.9 Å². The Bertz CT molecular complexity index is 4660. The van der Waals surface area contributed by atoms with Gasteiger partial charge < -0.3 is 50.8 Å². The van der Waals surface area contributed by atoms with Crippen LogP contribution in [-0.4, -0.2) is 127 Å². The number of rotatable bonds is 0. The number of para-hydroxylation sites is 4. The van der Waals surface area contributed by atoms with Crippen molar-refractivity contribution < 1.29 is 55.4 Å². The summed E-state index contributed by atoms with van der Waals surface area (Å²) in [5.74, 6) is -3.41. The van der Waals surface area contributed by atoms with Crippen molar-refractivity contribution >= 4 is 116 Å². The third kappa shape index (κ3) is 11.4. The number of hydrogen-bond acceptors (Lipinski definition) is 10. The van der Waals surface area contributed by atoms with Crippen LogP contribution in [0.1, 0.15) is 116 Å². The monoisotopic (exact) mass is 1380 g/mol. The Morgan fingerprint density at radius 3 is 0.792 bits per heavy atom. The number of fused-ring (bicyclic) bond motifs is 4. The minimum atomic E-state index is -0.905. The van der Waals surface area contributed by atoms with E-state index < -0.39 is 71.4 Å². The topological polar surface area (TPSA) is 252 Å². The van der Waals surface area contributed by atoms with E-state index in [4.69, 9.17) is 19.9 Å². The first kappa shape index (κ1) is 63.9. The molecule has 9 aromatic rings. The van der Waals surface area contributed by atoms with E-state index in [0.29, 0.717) is 163 Å². The molecule has 4 N–H and O–H groups in total. The zero-order valence-corrected chi connectivity index (χ0v) is 55.6. The van der Waals surface area contributed by atoms with Crippen molar-refractivity contribution in [3.63, 3.8) is 0 Å². The zero-order valence-electron chi connectivity index (χ0n) is 54.5. The maximum absolute atomic E-state index is 15.2. The van der Waals surface area contributed by atoms with Gasteiger partial charge in [0, 0.05) is 93.4 Å². The Kier molecular flexibility index (Phi) is 16.5. The average molecular weight is 1380 g/mol. The van der Waals surface area contributed by atoms with Crippen LogP contribution in [0.2, 0.25) is 0 Å². The van der Waals surface area contributed by atoms with Gasteiger partial charge in [-0.25, -0.2) is 9.97 Å². The van der Waals surface area contributed by atoms with Crippen LogP contribution < -0.4 is 31.2 Å². The Morgan fingerprint density at radius 1 is 0.307 bits per heavy atom. The van der Waals surface area contributed by atoms with E-state index in [2.05, 4.69) is 21.3 Å². The summed E-state index contributed by atoms with van der Waals surface area (Å²) in [4.78, 5) is 148. The second-order valence-corrected chi connectivity index (χ2v) is 26.3. The molecule has 0 aliphatic carbocycles. The summed E-state index contributed by atoms with van der Waals surface area (Å²) in [5.41, 5.74) is 10.2. The normalized spacial score (nSPS) is 19.6. The molecule has 10 aliphatic heterocycles. The smallest absolute Gasteiger partial charge is 0.657 e. The molecule has 4 atom stereocenters. The number of aromatic nitrogens is 4. The summed E-state index contributed by atoms with van der Waals surface area (Å²) in [6.07, 6.45) is 11.1. The fraction of sp³-hybridized carbons (Fsp3) is 0.200. The summed E-state index contributed by atoms with van der Waals surface area (Å²) >= 11 is 0. The van der Waals surface area contributed by atoms with E-state index in [1.807, 2.05) is 121 Å². The Morgan fingerprint density at radius 2 is 0.545 bits per heavy atom. The van der Waals surface area contributed by atoms with E-state index in [9.17, 15) is 19.2 Å². The van der Waals surface area contributed by atoms with Crippen molar-refractivity contribution in [2.75, 3.05) is 47.4 Å². The number of anilines is 4. The van der Waals surface area contributed by atoms with Gasteiger partial charge in [-0.05, 0) is 159 Å². The van der Waals surface area contributed by atoms with Gasteiger partial charge in [0.2, 0.25) is 23.6 Å². The fourth-order valence-corrected chi connectivity index (χ4v) is 15.7. The number of amides is 8. The molecule has 8 amide bonds. The molecule has 6 aromatic carbocycles. The van der Waals surface area contributed by atoms with Gasteiger partial charge in [-0.15, -0.1) is 22.1 Å². The molecular formula is C80H64FeN12O8. The first-order valence-corrected chi connectivity index (χ1v) is 34.0. The largest absolute Gasteiger partial charge is 2.00 e. The first-order chi connectivity index (χ1) is 48.9. The minimum Gasteiger partial charge on any atom is -0.657 e. The van der Waals surface area contributed by atoms with Gasteiger partial charge in [-0.1, -0.05) is 109 Å². The zero-order chi connectivity index (χ0) is 67.9. The van der Waals surface area contributed by atoms with E-state index in [-0.39, 0.29) is 65.5 Å². The summed E-state index contributed by atoms with van der Waals surface area (Å²) in [6.45, 7) is 1.14. The van der Waals surface area contributed by atoms with Gasteiger partial charge in [-0.2, -0.15) is 0 Å². The van der Waals surface area contributed by atoms with Crippen molar-refractivity contribution in [2.24, 2.45) is 0 Å². The molecule has 19 rings (SSSR count). The van der Waals surface area contributed by atoms with Crippen LogP contribution in [0.15, 0.2) is 170 Å².